The van der Waals surface area contributed by atoms with E-state index in [1.807, 2.05) is 25.1 Å². The van der Waals surface area contributed by atoms with Crippen LogP contribution in [-0.4, -0.2) is 16.8 Å². The molecule has 0 fully saturated rings. The van der Waals surface area contributed by atoms with Crippen molar-refractivity contribution in [2.75, 3.05) is 5.32 Å². The summed E-state index contributed by atoms with van der Waals surface area (Å²) in [6, 6.07) is 12.5. The molecule has 2 heterocycles. The van der Waals surface area contributed by atoms with Crippen molar-refractivity contribution in [3.8, 4) is 17.1 Å². The number of carbonyl (C=O) groups excluding carboxylic acids is 2. The van der Waals surface area contributed by atoms with Crippen molar-refractivity contribution in [3.63, 3.8) is 0 Å². The molecule has 1 N–H and O–H groups in total. The number of nitrogens with zero attached hydrogens (tertiary/aromatic N) is 1. The lowest BCUT2D eigenvalue weighted by Gasteiger charge is -2.16. The second-order valence-electron chi connectivity index (χ2n) is 6.22. The molecule has 1 aliphatic heterocycles. The second kappa shape index (κ2) is 6.15. The molecule has 0 atom stereocenters. The zero-order valence-electron chi connectivity index (χ0n) is 14.3. The fourth-order valence-electron chi connectivity index (χ4n) is 2.94. The number of aryl methyl sites for hydroxylation is 1. The fourth-order valence-corrected chi connectivity index (χ4v) is 2.94. The van der Waals surface area contributed by atoms with E-state index in [9.17, 15) is 9.59 Å². The molecule has 0 saturated carbocycles. The monoisotopic (exact) mass is 348 g/mol. The van der Waals surface area contributed by atoms with Gasteiger partial charge in [-0.3, -0.25) is 9.59 Å². The number of ether oxygens (including phenoxy) is 1. The van der Waals surface area contributed by atoms with Crippen LogP contribution in [0, 0.1) is 6.92 Å². The number of fused-ring (bicyclic) bond motifs is 3. The second-order valence-corrected chi connectivity index (χ2v) is 6.22. The third-order valence-electron chi connectivity index (χ3n) is 4.28. The van der Waals surface area contributed by atoms with Crippen molar-refractivity contribution < 1.29 is 18.8 Å². The zero-order valence-corrected chi connectivity index (χ0v) is 14.3. The van der Waals surface area contributed by atoms with Crippen molar-refractivity contribution in [2.45, 2.75) is 20.5 Å². The number of hydrogen-bond donors (Lipinski definition) is 1. The first-order valence-corrected chi connectivity index (χ1v) is 8.17. The molecule has 6 heteroatoms. The molecule has 0 aliphatic carbocycles. The summed E-state index contributed by atoms with van der Waals surface area (Å²) in [5, 5.41) is 6.70. The van der Waals surface area contributed by atoms with E-state index in [0.717, 1.165) is 11.1 Å². The molecule has 4 rings (SSSR count). The molecule has 1 aliphatic rings. The van der Waals surface area contributed by atoms with Gasteiger partial charge in [-0.15, -0.1) is 0 Å². The molecular formula is C20H16N2O4. The number of benzene rings is 2. The molecule has 2 aromatic carbocycles. The van der Waals surface area contributed by atoms with E-state index in [0.29, 0.717) is 28.3 Å². The number of amides is 1. The molecule has 6 nitrogen and oxygen atoms in total. The van der Waals surface area contributed by atoms with Gasteiger partial charge in [0.1, 0.15) is 12.4 Å². The van der Waals surface area contributed by atoms with Gasteiger partial charge < -0.3 is 14.6 Å². The Hall–Kier alpha value is -3.41. The summed E-state index contributed by atoms with van der Waals surface area (Å²) in [5.41, 5.74) is 3.69. The van der Waals surface area contributed by atoms with Gasteiger partial charge in [0.05, 0.1) is 11.1 Å². The lowest BCUT2D eigenvalue weighted by Crippen LogP contribution is -2.16. The molecule has 1 aromatic heterocycles. The number of rotatable bonds is 3. The van der Waals surface area contributed by atoms with Crippen molar-refractivity contribution in [1.82, 2.24) is 5.16 Å². The van der Waals surface area contributed by atoms with Crippen LogP contribution in [0.5, 0.6) is 5.75 Å². The lowest BCUT2D eigenvalue weighted by atomic mass is 10.0. The summed E-state index contributed by atoms with van der Waals surface area (Å²) in [6.45, 7) is 3.66. The normalized spacial score (nSPS) is 11.9. The lowest BCUT2D eigenvalue weighted by molar-refractivity contribution is 0.100. The van der Waals surface area contributed by atoms with Crippen LogP contribution in [0.3, 0.4) is 0 Å². The maximum absolute atomic E-state index is 12.6. The highest BCUT2D eigenvalue weighted by molar-refractivity contribution is 6.05. The van der Waals surface area contributed by atoms with Crippen molar-refractivity contribution in [1.29, 1.82) is 0 Å². The van der Waals surface area contributed by atoms with Crippen LogP contribution >= 0.6 is 0 Å². The molecule has 0 radical (unpaired) electrons. The third kappa shape index (κ3) is 2.75. The molecular weight excluding hydrogens is 332 g/mol. The van der Waals surface area contributed by atoms with E-state index in [-0.39, 0.29) is 18.1 Å². The molecule has 130 valence electrons. The Morgan fingerprint density at radius 2 is 2.00 bits per heavy atom. The predicted molar refractivity (Wildman–Crippen MR) is 95.4 cm³/mol. The smallest absolute Gasteiger partial charge is 0.278 e. The summed E-state index contributed by atoms with van der Waals surface area (Å²) in [6.07, 6.45) is 0. The highest BCUT2D eigenvalue weighted by Crippen LogP contribution is 2.39. The Morgan fingerprint density at radius 3 is 2.81 bits per heavy atom. The van der Waals surface area contributed by atoms with Gasteiger partial charge in [-0.05, 0) is 38.1 Å². The Kier molecular flexibility index (Phi) is 3.80. The van der Waals surface area contributed by atoms with Gasteiger partial charge in [0.15, 0.2) is 17.2 Å². The number of nitrogens with one attached hydrogen (secondary N) is 1. The minimum Gasteiger partial charge on any atom is -0.488 e. The number of Topliss-reactive ketones (excluding diaryl/α,β-unsaturated/α-hetero) is 1. The Labute approximate surface area is 149 Å². The summed E-state index contributed by atoms with van der Waals surface area (Å²) in [7, 11) is 0. The summed E-state index contributed by atoms with van der Waals surface area (Å²) in [5.74, 6) is 0.786. The van der Waals surface area contributed by atoms with Crippen LogP contribution in [0.4, 0.5) is 5.69 Å². The van der Waals surface area contributed by atoms with Crippen LogP contribution in [0.15, 0.2) is 47.0 Å². The van der Waals surface area contributed by atoms with Crippen molar-refractivity contribution >= 4 is 17.4 Å². The number of aromatic nitrogens is 1. The standard InChI is InChI=1S/C20H16N2O4/c1-11-6-7-17-15(8-11)19-16(10-25-17)18(22-26-19)20(24)21-14-5-3-4-13(9-14)12(2)23/h3-9H,10H2,1-2H3,(H,21,24). The third-order valence-corrected chi connectivity index (χ3v) is 4.28. The van der Waals surface area contributed by atoms with Crippen LogP contribution in [0.25, 0.3) is 11.3 Å². The van der Waals surface area contributed by atoms with Crippen LogP contribution in [-0.2, 0) is 6.61 Å². The van der Waals surface area contributed by atoms with Crippen LogP contribution in [0.1, 0.15) is 38.9 Å². The fraction of sp³-hybridized carbons (Fsp3) is 0.150. The van der Waals surface area contributed by atoms with E-state index in [2.05, 4.69) is 10.5 Å². The minimum atomic E-state index is -0.407. The van der Waals surface area contributed by atoms with Gasteiger partial charge in [0.25, 0.3) is 5.91 Å². The molecule has 0 bridgehead atoms. The van der Waals surface area contributed by atoms with Gasteiger partial charge in [-0.25, -0.2) is 0 Å². The molecule has 0 unspecified atom stereocenters. The molecule has 0 spiro atoms. The zero-order chi connectivity index (χ0) is 18.3. The molecule has 0 saturated heterocycles. The maximum Gasteiger partial charge on any atom is 0.278 e. The topological polar surface area (TPSA) is 81.4 Å². The first kappa shape index (κ1) is 16.1. The summed E-state index contributed by atoms with van der Waals surface area (Å²) < 4.78 is 11.2. The highest BCUT2D eigenvalue weighted by Gasteiger charge is 2.29. The van der Waals surface area contributed by atoms with Gasteiger partial charge in [-0.1, -0.05) is 28.9 Å². The van der Waals surface area contributed by atoms with E-state index in [4.69, 9.17) is 9.26 Å². The van der Waals surface area contributed by atoms with Gasteiger partial charge in [-0.2, -0.15) is 0 Å². The summed E-state index contributed by atoms with van der Waals surface area (Å²) in [4.78, 5) is 24.1. The number of hydrogen-bond acceptors (Lipinski definition) is 5. The van der Waals surface area contributed by atoms with Crippen LogP contribution in [0.2, 0.25) is 0 Å². The maximum atomic E-state index is 12.6. The molecule has 3 aromatic rings. The van der Waals surface area contributed by atoms with Gasteiger partial charge >= 0.3 is 0 Å². The van der Waals surface area contributed by atoms with E-state index in [1.54, 1.807) is 24.3 Å². The highest BCUT2D eigenvalue weighted by atomic mass is 16.5. The largest absolute Gasteiger partial charge is 0.488 e. The Morgan fingerprint density at radius 1 is 1.15 bits per heavy atom. The Balaban J connectivity index is 1.65. The van der Waals surface area contributed by atoms with Crippen LogP contribution < -0.4 is 10.1 Å². The first-order chi connectivity index (χ1) is 12.5. The number of anilines is 1. The predicted octanol–water partition coefficient (Wildman–Crippen LogP) is 4.00. The number of carbonyl (C=O) groups is 2. The van der Waals surface area contributed by atoms with Crippen molar-refractivity contribution in [2.24, 2.45) is 0 Å². The quantitative estimate of drug-likeness (QED) is 0.724. The minimum absolute atomic E-state index is 0.0692. The van der Waals surface area contributed by atoms with Crippen molar-refractivity contribution in [3.05, 3.63) is 64.8 Å². The summed E-state index contributed by atoms with van der Waals surface area (Å²) >= 11 is 0. The molecule has 1 amide bonds. The van der Waals surface area contributed by atoms with Gasteiger partial charge in [0.2, 0.25) is 0 Å². The first-order valence-electron chi connectivity index (χ1n) is 8.17. The number of ketones is 1. The van der Waals surface area contributed by atoms with E-state index in [1.165, 1.54) is 6.92 Å². The van der Waals surface area contributed by atoms with E-state index >= 15 is 0 Å². The van der Waals surface area contributed by atoms with Gasteiger partial charge in [0, 0.05) is 11.3 Å². The average molecular weight is 348 g/mol. The SMILES string of the molecule is CC(=O)c1cccc(NC(=O)c2noc3c2COc2ccc(C)cc2-3)c1. The molecule has 26 heavy (non-hydrogen) atoms. The Bertz CT molecular complexity index is 1040. The average Bonchev–Trinajstić information content (AvgIpc) is 3.06. The van der Waals surface area contributed by atoms with E-state index < -0.39 is 5.91 Å².